The fraction of sp³-hybridized carbons (Fsp3) is 0.500. The molecular weight excluding hydrogens is 362 g/mol. The van der Waals surface area contributed by atoms with Gasteiger partial charge in [-0.3, -0.25) is 9.59 Å². The summed E-state index contributed by atoms with van der Waals surface area (Å²) in [5, 5.41) is 0. The first-order valence-electron chi connectivity index (χ1n) is 10.8. The van der Waals surface area contributed by atoms with Crippen LogP contribution in [0.15, 0.2) is 53.5 Å². The summed E-state index contributed by atoms with van der Waals surface area (Å²) in [5.41, 5.74) is 2.68. The summed E-state index contributed by atoms with van der Waals surface area (Å²) in [5.74, 6) is 0.573. The van der Waals surface area contributed by atoms with Gasteiger partial charge in [0.05, 0.1) is 0 Å². The van der Waals surface area contributed by atoms with Crippen LogP contribution < -0.4 is 5.56 Å². The van der Waals surface area contributed by atoms with E-state index in [0.29, 0.717) is 12.5 Å². The van der Waals surface area contributed by atoms with Gasteiger partial charge >= 0.3 is 0 Å². The van der Waals surface area contributed by atoms with Crippen molar-refractivity contribution in [2.75, 3.05) is 32.7 Å². The lowest BCUT2D eigenvalue weighted by atomic mass is 9.95. The first kappa shape index (κ1) is 21.3. The smallest absolute Gasteiger partial charge is 0.250 e. The van der Waals surface area contributed by atoms with Crippen molar-refractivity contribution < 1.29 is 4.79 Å². The lowest BCUT2D eigenvalue weighted by Crippen LogP contribution is -2.43. The Morgan fingerprint density at radius 2 is 1.83 bits per heavy atom. The van der Waals surface area contributed by atoms with Crippen LogP contribution in [0, 0.1) is 12.8 Å². The molecule has 2 aromatic rings. The maximum Gasteiger partial charge on any atom is 0.250 e. The zero-order valence-electron chi connectivity index (χ0n) is 17.7. The normalized spacial score (nSPS) is 15.4. The quantitative estimate of drug-likeness (QED) is 0.690. The summed E-state index contributed by atoms with van der Waals surface area (Å²) in [6.45, 7) is 9.11. The van der Waals surface area contributed by atoms with Crippen LogP contribution >= 0.6 is 0 Å². The van der Waals surface area contributed by atoms with Crippen LogP contribution in [0.2, 0.25) is 0 Å². The number of likely N-dealkylation sites (N-methyl/N-ethyl adjacent to an activating group) is 1. The molecule has 0 atom stereocenters. The van der Waals surface area contributed by atoms with Gasteiger partial charge in [-0.2, -0.15) is 0 Å². The van der Waals surface area contributed by atoms with Gasteiger partial charge in [-0.15, -0.1) is 0 Å². The summed E-state index contributed by atoms with van der Waals surface area (Å²) < 4.78 is 1.49. The Hall–Kier alpha value is -2.40. The van der Waals surface area contributed by atoms with E-state index in [1.807, 2.05) is 11.8 Å². The first-order chi connectivity index (χ1) is 14.1. The van der Waals surface area contributed by atoms with Gasteiger partial charge in [0.15, 0.2) is 0 Å². The molecule has 156 valence electrons. The zero-order chi connectivity index (χ0) is 20.6. The molecule has 1 aliphatic rings. The zero-order valence-corrected chi connectivity index (χ0v) is 17.7. The maximum absolute atomic E-state index is 12.7. The number of benzene rings is 1. The molecule has 29 heavy (non-hydrogen) atoms. The van der Waals surface area contributed by atoms with E-state index in [0.717, 1.165) is 45.4 Å². The molecule has 1 saturated heterocycles. The minimum atomic E-state index is -0.126. The van der Waals surface area contributed by atoms with E-state index < -0.39 is 0 Å². The van der Waals surface area contributed by atoms with Gasteiger partial charge in [-0.05, 0) is 69.3 Å². The molecule has 5 heteroatoms. The van der Waals surface area contributed by atoms with Crippen molar-refractivity contribution >= 4 is 5.91 Å². The molecule has 1 aromatic carbocycles. The van der Waals surface area contributed by atoms with Crippen molar-refractivity contribution in [3.63, 3.8) is 0 Å². The molecule has 1 aliphatic heterocycles. The van der Waals surface area contributed by atoms with Crippen molar-refractivity contribution in [3.8, 4) is 0 Å². The molecule has 0 spiro atoms. The summed E-state index contributed by atoms with van der Waals surface area (Å²) in [6, 6.07) is 13.6. The molecule has 1 amide bonds. The van der Waals surface area contributed by atoms with Crippen LogP contribution in [0.25, 0.3) is 0 Å². The topological polar surface area (TPSA) is 45.5 Å². The number of hydrogen-bond donors (Lipinski definition) is 0. The van der Waals surface area contributed by atoms with E-state index in [2.05, 4.69) is 36.1 Å². The fourth-order valence-corrected chi connectivity index (χ4v) is 4.12. The number of nitrogens with zero attached hydrogens (tertiary/aromatic N) is 3. The SMILES string of the molecule is CCN(CC1CCN(CCc2ccccc2C)CC1)C(=O)Cn1ccccc1=O. The van der Waals surface area contributed by atoms with E-state index in [1.165, 1.54) is 21.8 Å². The highest BCUT2D eigenvalue weighted by molar-refractivity contribution is 5.76. The van der Waals surface area contributed by atoms with E-state index in [1.54, 1.807) is 18.3 Å². The minimum Gasteiger partial charge on any atom is -0.341 e. The predicted molar refractivity (Wildman–Crippen MR) is 117 cm³/mol. The van der Waals surface area contributed by atoms with Gasteiger partial charge in [0, 0.05) is 31.9 Å². The predicted octanol–water partition coefficient (Wildman–Crippen LogP) is 2.96. The molecule has 3 rings (SSSR count). The molecule has 0 unspecified atom stereocenters. The van der Waals surface area contributed by atoms with Crippen LogP contribution in [0.1, 0.15) is 30.9 Å². The number of aryl methyl sites for hydroxylation is 1. The average molecular weight is 396 g/mol. The molecule has 1 aromatic heterocycles. The third kappa shape index (κ3) is 6.04. The van der Waals surface area contributed by atoms with E-state index in [9.17, 15) is 9.59 Å². The number of hydrogen-bond acceptors (Lipinski definition) is 3. The monoisotopic (exact) mass is 395 g/mol. The molecule has 0 radical (unpaired) electrons. The lowest BCUT2D eigenvalue weighted by molar-refractivity contribution is -0.132. The Bertz CT molecular complexity index is 853. The highest BCUT2D eigenvalue weighted by atomic mass is 16.2. The van der Waals surface area contributed by atoms with Crippen molar-refractivity contribution in [3.05, 3.63) is 70.1 Å². The van der Waals surface area contributed by atoms with Crippen molar-refractivity contribution in [2.24, 2.45) is 5.92 Å². The van der Waals surface area contributed by atoms with Crippen molar-refractivity contribution in [1.29, 1.82) is 0 Å². The summed E-state index contributed by atoms with van der Waals surface area (Å²) >= 11 is 0. The third-order valence-electron chi connectivity index (χ3n) is 6.08. The van der Waals surface area contributed by atoms with Gasteiger partial charge < -0.3 is 14.4 Å². The number of amides is 1. The second-order valence-corrected chi connectivity index (χ2v) is 8.06. The standard InChI is InChI=1S/C24H33N3O2/c1-3-26(24(29)19-27-14-7-6-10-23(27)28)18-21-11-15-25(16-12-21)17-13-22-9-5-4-8-20(22)2/h4-10,14,21H,3,11-13,15-19H2,1-2H3. The van der Waals surface area contributed by atoms with Gasteiger partial charge in [-0.25, -0.2) is 0 Å². The van der Waals surface area contributed by atoms with Gasteiger partial charge in [0.1, 0.15) is 6.54 Å². The number of aromatic nitrogens is 1. The molecule has 0 N–H and O–H groups in total. The Morgan fingerprint density at radius 1 is 1.10 bits per heavy atom. The van der Waals surface area contributed by atoms with Crippen LogP contribution in [-0.4, -0.2) is 53.0 Å². The molecule has 0 bridgehead atoms. The van der Waals surface area contributed by atoms with E-state index in [-0.39, 0.29) is 18.0 Å². The Balaban J connectivity index is 1.45. The number of carbonyl (C=O) groups excluding carboxylic acids is 1. The molecule has 1 fully saturated rings. The Labute approximate surface area is 173 Å². The number of piperidine rings is 1. The van der Waals surface area contributed by atoms with Gasteiger partial charge in [0.25, 0.3) is 5.56 Å². The third-order valence-corrected chi connectivity index (χ3v) is 6.08. The molecule has 0 saturated carbocycles. The Kier molecular flexibility index (Phi) is 7.64. The van der Waals surface area contributed by atoms with Crippen molar-refractivity contribution in [1.82, 2.24) is 14.4 Å². The number of rotatable bonds is 8. The minimum absolute atomic E-state index is 0.0304. The molecule has 0 aliphatic carbocycles. The molecule has 5 nitrogen and oxygen atoms in total. The van der Waals surface area contributed by atoms with Gasteiger partial charge in [0.2, 0.25) is 5.91 Å². The van der Waals surface area contributed by atoms with Crippen LogP contribution in [0.3, 0.4) is 0 Å². The number of carbonyl (C=O) groups is 1. The summed E-state index contributed by atoms with van der Waals surface area (Å²) in [6.07, 6.45) is 5.04. The van der Waals surface area contributed by atoms with Crippen LogP contribution in [0.4, 0.5) is 0 Å². The molecular formula is C24H33N3O2. The largest absolute Gasteiger partial charge is 0.341 e. The summed E-state index contributed by atoms with van der Waals surface area (Å²) in [7, 11) is 0. The van der Waals surface area contributed by atoms with Crippen molar-refractivity contribution in [2.45, 2.75) is 39.7 Å². The van der Waals surface area contributed by atoms with E-state index in [4.69, 9.17) is 0 Å². The summed E-state index contributed by atoms with van der Waals surface area (Å²) in [4.78, 5) is 29.0. The average Bonchev–Trinajstić information content (AvgIpc) is 2.74. The number of pyridine rings is 1. The first-order valence-corrected chi connectivity index (χ1v) is 10.8. The fourth-order valence-electron chi connectivity index (χ4n) is 4.12. The van der Waals surface area contributed by atoms with Gasteiger partial charge in [-0.1, -0.05) is 30.3 Å². The number of likely N-dealkylation sites (tertiary alicyclic amines) is 1. The highest BCUT2D eigenvalue weighted by Crippen LogP contribution is 2.19. The van der Waals surface area contributed by atoms with Crippen LogP contribution in [-0.2, 0) is 17.8 Å². The second-order valence-electron chi connectivity index (χ2n) is 8.06. The second kappa shape index (κ2) is 10.4. The van der Waals surface area contributed by atoms with Crippen LogP contribution in [0.5, 0.6) is 0 Å². The highest BCUT2D eigenvalue weighted by Gasteiger charge is 2.23. The molecule has 2 heterocycles. The van der Waals surface area contributed by atoms with E-state index >= 15 is 0 Å². The Morgan fingerprint density at radius 3 is 2.52 bits per heavy atom. The lowest BCUT2D eigenvalue weighted by Gasteiger charge is -2.34. The maximum atomic E-state index is 12.7.